The zero-order chi connectivity index (χ0) is 13.7. The third-order valence-electron chi connectivity index (χ3n) is 2.84. The number of carbonyl (C=O) groups is 1. The van der Waals surface area contributed by atoms with Gasteiger partial charge in [-0.2, -0.15) is 5.10 Å². The van der Waals surface area contributed by atoms with E-state index in [4.69, 9.17) is 5.73 Å². The van der Waals surface area contributed by atoms with Crippen LogP contribution in [0.25, 0.3) is 0 Å². The summed E-state index contributed by atoms with van der Waals surface area (Å²) in [5, 5.41) is 6.75. The van der Waals surface area contributed by atoms with Crippen LogP contribution in [0.1, 0.15) is 18.2 Å². The molecule has 1 atom stereocenters. The minimum Gasteiger partial charge on any atom is -0.331 e. The first-order chi connectivity index (χ1) is 9.16. The van der Waals surface area contributed by atoms with Crippen LogP contribution >= 0.6 is 24.8 Å². The van der Waals surface area contributed by atoms with Crippen LogP contribution in [-0.4, -0.2) is 27.0 Å². The van der Waals surface area contributed by atoms with Crippen molar-refractivity contribution in [1.29, 1.82) is 0 Å². The number of hydrogen-bond acceptors (Lipinski definition) is 3. The number of nitrogens with zero attached hydrogens (tertiary/aromatic N) is 2. The Bertz CT molecular complexity index is 517. The molecule has 2 rings (SSSR count). The standard InChI is InChI=1S/C14H18N4O.2ClH/c1-11(15)14(19)18(10-13-7-8-16-17-13)9-12-5-3-2-4-6-12;;/h2-8,11H,9-10,15H2,1H3,(H,16,17);2*1H/t11-;;/m1../s1. The molecular weight excluding hydrogens is 311 g/mol. The van der Waals surface area contributed by atoms with Crippen LogP contribution < -0.4 is 5.73 Å². The first-order valence-electron chi connectivity index (χ1n) is 6.23. The Hall–Kier alpha value is -1.56. The van der Waals surface area contributed by atoms with Crippen LogP contribution in [0.3, 0.4) is 0 Å². The molecule has 1 amide bonds. The van der Waals surface area contributed by atoms with Crippen LogP contribution in [0.2, 0.25) is 0 Å². The Balaban J connectivity index is 0.00000200. The van der Waals surface area contributed by atoms with Gasteiger partial charge in [-0.15, -0.1) is 24.8 Å². The van der Waals surface area contributed by atoms with E-state index in [0.29, 0.717) is 13.1 Å². The largest absolute Gasteiger partial charge is 0.331 e. The van der Waals surface area contributed by atoms with Gasteiger partial charge in [-0.1, -0.05) is 30.3 Å². The van der Waals surface area contributed by atoms with Crippen molar-refractivity contribution in [3.63, 3.8) is 0 Å². The van der Waals surface area contributed by atoms with Crippen molar-refractivity contribution in [3.05, 3.63) is 53.9 Å². The minimum atomic E-state index is -0.508. The van der Waals surface area contributed by atoms with Crippen molar-refractivity contribution in [2.45, 2.75) is 26.1 Å². The lowest BCUT2D eigenvalue weighted by Gasteiger charge is -2.24. The molecule has 0 unspecified atom stereocenters. The smallest absolute Gasteiger partial charge is 0.239 e. The number of benzene rings is 1. The van der Waals surface area contributed by atoms with E-state index in [0.717, 1.165) is 11.3 Å². The lowest BCUT2D eigenvalue weighted by molar-refractivity contribution is -0.133. The second kappa shape index (κ2) is 9.39. The summed E-state index contributed by atoms with van der Waals surface area (Å²) in [5.41, 5.74) is 7.68. The number of hydrogen-bond donors (Lipinski definition) is 2. The molecule has 3 N–H and O–H groups in total. The van der Waals surface area contributed by atoms with Gasteiger partial charge in [0.15, 0.2) is 0 Å². The van der Waals surface area contributed by atoms with E-state index >= 15 is 0 Å². The molecule has 7 heteroatoms. The zero-order valence-corrected chi connectivity index (χ0v) is 13.4. The van der Waals surface area contributed by atoms with Gasteiger partial charge in [0.25, 0.3) is 0 Å². The summed E-state index contributed by atoms with van der Waals surface area (Å²) in [6.45, 7) is 2.72. The molecule has 0 saturated heterocycles. The molecule has 2 aromatic rings. The highest BCUT2D eigenvalue weighted by molar-refractivity contribution is 5.85. The van der Waals surface area contributed by atoms with Gasteiger partial charge in [0.05, 0.1) is 18.3 Å². The number of nitrogens with one attached hydrogen (secondary N) is 1. The summed E-state index contributed by atoms with van der Waals surface area (Å²) in [6.07, 6.45) is 1.67. The molecule has 1 heterocycles. The maximum atomic E-state index is 12.1. The fraction of sp³-hybridized carbons (Fsp3) is 0.286. The Kier molecular flexibility index (Phi) is 8.69. The summed E-state index contributed by atoms with van der Waals surface area (Å²) in [4.78, 5) is 13.9. The molecule has 1 aromatic carbocycles. The van der Waals surface area contributed by atoms with Gasteiger partial charge in [-0.3, -0.25) is 9.89 Å². The van der Waals surface area contributed by atoms with Crippen molar-refractivity contribution >= 4 is 30.7 Å². The maximum Gasteiger partial charge on any atom is 0.239 e. The van der Waals surface area contributed by atoms with Gasteiger partial charge in [-0.25, -0.2) is 0 Å². The van der Waals surface area contributed by atoms with Crippen LogP contribution in [0.5, 0.6) is 0 Å². The Morgan fingerprint density at radius 1 is 1.24 bits per heavy atom. The third-order valence-corrected chi connectivity index (χ3v) is 2.84. The number of aromatic nitrogens is 2. The van der Waals surface area contributed by atoms with Gasteiger partial charge < -0.3 is 10.6 Å². The maximum absolute atomic E-state index is 12.1. The van der Waals surface area contributed by atoms with Crippen LogP contribution in [0.4, 0.5) is 0 Å². The first-order valence-corrected chi connectivity index (χ1v) is 6.23. The normalized spacial score (nSPS) is 11.0. The predicted octanol–water partition coefficient (Wildman–Crippen LogP) is 2.13. The summed E-state index contributed by atoms with van der Waals surface area (Å²) in [6, 6.07) is 11.2. The SMILES string of the molecule is C[C@@H](N)C(=O)N(Cc1ccccc1)Cc1ccn[nH]1.Cl.Cl. The molecule has 0 bridgehead atoms. The average Bonchev–Trinajstić information content (AvgIpc) is 2.91. The summed E-state index contributed by atoms with van der Waals surface area (Å²) in [7, 11) is 0. The summed E-state index contributed by atoms with van der Waals surface area (Å²) >= 11 is 0. The van der Waals surface area contributed by atoms with Crippen LogP contribution in [0, 0.1) is 0 Å². The molecule has 21 heavy (non-hydrogen) atoms. The van der Waals surface area contributed by atoms with E-state index < -0.39 is 6.04 Å². The van der Waals surface area contributed by atoms with Crippen LogP contribution in [-0.2, 0) is 17.9 Å². The molecule has 0 radical (unpaired) electrons. The van der Waals surface area contributed by atoms with E-state index in [1.807, 2.05) is 36.4 Å². The second-order valence-electron chi connectivity index (χ2n) is 4.55. The van der Waals surface area contributed by atoms with E-state index in [1.54, 1.807) is 18.0 Å². The number of aromatic amines is 1. The van der Waals surface area contributed by atoms with Crippen molar-refractivity contribution < 1.29 is 4.79 Å². The zero-order valence-electron chi connectivity index (χ0n) is 11.7. The minimum absolute atomic E-state index is 0. The molecule has 0 aliphatic heterocycles. The first kappa shape index (κ1) is 19.4. The number of carbonyl (C=O) groups excluding carboxylic acids is 1. The molecular formula is C14H20Cl2N4O. The average molecular weight is 331 g/mol. The van der Waals surface area contributed by atoms with E-state index in [2.05, 4.69) is 10.2 Å². The fourth-order valence-corrected chi connectivity index (χ4v) is 1.88. The quantitative estimate of drug-likeness (QED) is 0.881. The highest BCUT2D eigenvalue weighted by Crippen LogP contribution is 2.09. The van der Waals surface area contributed by atoms with E-state index in [9.17, 15) is 4.79 Å². The van der Waals surface area contributed by atoms with Gasteiger partial charge in [0.1, 0.15) is 0 Å². The lowest BCUT2D eigenvalue weighted by atomic mass is 10.2. The number of H-pyrrole nitrogens is 1. The Labute approximate surface area is 136 Å². The Morgan fingerprint density at radius 3 is 2.43 bits per heavy atom. The predicted molar refractivity (Wildman–Crippen MR) is 87.4 cm³/mol. The monoisotopic (exact) mass is 330 g/mol. The van der Waals surface area contributed by atoms with E-state index in [1.165, 1.54) is 0 Å². The third kappa shape index (κ3) is 5.75. The number of nitrogens with two attached hydrogens (primary N) is 1. The summed E-state index contributed by atoms with van der Waals surface area (Å²) in [5.74, 6) is -0.0709. The molecule has 0 aliphatic carbocycles. The molecule has 5 nitrogen and oxygen atoms in total. The van der Waals surface area contributed by atoms with Crippen molar-refractivity contribution in [3.8, 4) is 0 Å². The molecule has 0 fully saturated rings. The molecule has 0 spiro atoms. The van der Waals surface area contributed by atoms with Crippen molar-refractivity contribution in [2.24, 2.45) is 5.73 Å². The highest BCUT2D eigenvalue weighted by Gasteiger charge is 2.18. The van der Waals surface area contributed by atoms with Gasteiger partial charge in [-0.05, 0) is 18.6 Å². The second-order valence-corrected chi connectivity index (χ2v) is 4.55. The number of rotatable bonds is 5. The number of amides is 1. The van der Waals surface area contributed by atoms with Gasteiger partial charge >= 0.3 is 0 Å². The fourth-order valence-electron chi connectivity index (χ4n) is 1.88. The molecule has 1 aromatic heterocycles. The van der Waals surface area contributed by atoms with E-state index in [-0.39, 0.29) is 30.7 Å². The van der Waals surface area contributed by atoms with Crippen molar-refractivity contribution in [1.82, 2.24) is 15.1 Å². The molecule has 0 aliphatic rings. The topological polar surface area (TPSA) is 75.0 Å². The van der Waals surface area contributed by atoms with Crippen molar-refractivity contribution in [2.75, 3.05) is 0 Å². The summed E-state index contributed by atoms with van der Waals surface area (Å²) < 4.78 is 0. The highest BCUT2D eigenvalue weighted by atomic mass is 35.5. The van der Waals surface area contributed by atoms with Gasteiger partial charge in [0, 0.05) is 12.7 Å². The lowest BCUT2D eigenvalue weighted by Crippen LogP contribution is -2.41. The number of halogens is 2. The Morgan fingerprint density at radius 2 is 1.90 bits per heavy atom. The van der Waals surface area contributed by atoms with Crippen LogP contribution in [0.15, 0.2) is 42.6 Å². The molecule has 116 valence electrons. The van der Waals surface area contributed by atoms with Gasteiger partial charge in [0.2, 0.25) is 5.91 Å². The molecule has 0 saturated carbocycles.